The van der Waals surface area contributed by atoms with Crippen molar-refractivity contribution in [3.63, 3.8) is 0 Å². The molecule has 2 N–H and O–H groups in total. The van der Waals surface area contributed by atoms with Crippen molar-refractivity contribution in [1.29, 1.82) is 5.26 Å². The topological polar surface area (TPSA) is 90.5 Å². The van der Waals surface area contributed by atoms with Crippen molar-refractivity contribution in [1.82, 2.24) is 0 Å². The van der Waals surface area contributed by atoms with Gasteiger partial charge in [0.05, 0.1) is 6.07 Å². The highest BCUT2D eigenvalue weighted by Crippen LogP contribution is 2.41. The Kier molecular flexibility index (Phi) is 4.48. The van der Waals surface area contributed by atoms with Gasteiger partial charge < -0.3 is 9.79 Å². The van der Waals surface area contributed by atoms with Crippen LogP contribution in [-0.4, -0.2) is 15.3 Å². The second-order valence-electron chi connectivity index (χ2n) is 2.96. The lowest BCUT2D eigenvalue weighted by molar-refractivity contribution is 0.172. The Hall–Kier alpha value is -0.890. The van der Waals surface area contributed by atoms with E-state index in [1.54, 1.807) is 30.3 Å². The van der Waals surface area contributed by atoms with Crippen LogP contribution in [0.4, 0.5) is 0 Å². The molecule has 2 atom stereocenters. The van der Waals surface area contributed by atoms with Gasteiger partial charge in [0.1, 0.15) is 5.92 Å². The van der Waals surface area contributed by atoms with Crippen LogP contribution in [0.25, 0.3) is 0 Å². The molecule has 0 aromatic heterocycles. The Morgan fingerprint density at radius 3 is 2.38 bits per heavy atom. The lowest BCUT2D eigenvalue weighted by atomic mass is 10.0. The maximum absolute atomic E-state index is 10.6. The SMILES string of the molecule is N#CC(c1ccccc1)C(Cl)OP(=O)(O)O. The third-order valence-electron chi connectivity index (χ3n) is 1.80. The van der Waals surface area contributed by atoms with Gasteiger partial charge >= 0.3 is 7.82 Å². The summed E-state index contributed by atoms with van der Waals surface area (Å²) in [6.07, 6.45) is 0. The van der Waals surface area contributed by atoms with Crippen molar-refractivity contribution >= 4 is 19.4 Å². The van der Waals surface area contributed by atoms with Crippen molar-refractivity contribution in [2.24, 2.45) is 0 Å². The third-order valence-corrected chi connectivity index (χ3v) is 2.76. The fraction of sp³-hybridized carbons (Fsp3) is 0.222. The number of hydrogen-bond donors (Lipinski definition) is 2. The van der Waals surface area contributed by atoms with E-state index in [0.29, 0.717) is 5.56 Å². The van der Waals surface area contributed by atoms with Gasteiger partial charge in [0.15, 0.2) is 5.56 Å². The van der Waals surface area contributed by atoms with Crippen LogP contribution in [0.1, 0.15) is 11.5 Å². The summed E-state index contributed by atoms with van der Waals surface area (Å²) < 4.78 is 14.8. The van der Waals surface area contributed by atoms with Crippen molar-refractivity contribution in [2.45, 2.75) is 11.5 Å². The van der Waals surface area contributed by atoms with E-state index >= 15 is 0 Å². The van der Waals surface area contributed by atoms with Crippen LogP contribution >= 0.6 is 19.4 Å². The van der Waals surface area contributed by atoms with Crippen LogP contribution in [-0.2, 0) is 9.09 Å². The largest absolute Gasteiger partial charge is 0.471 e. The highest BCUT2D eigenvalue weighted by atomic mass is 35.5. The lowest BCUT2D eigenvalue weighted by Gasteiger charge is -2.16. The van der Waals surface area contributed by atoms with Gasteiger partial charge in [-0.1, -0.05) is 41.9 Å². The molecule has 0 fully saturated rings. The van der Waals surface area contributed by atoms with Crippen molar-refractivity contribution in [3.05, 3.63) is 35.9 Å². The van der Waals surface area contributed by atoms with Crippen LogP contribution in [0, 0.1) is 11.3 Å². The Balaban J connectivity index is 2.85. The molecule has 0 spiro atoms. The van der Waals surface area contributed by atoms with E-state index in [1.165, 1.54) is 0 Å². The molecular weight excluding hydrogens is 253 g/mol. The van der Waals surface area contributed by atoms with E-state index in [0.717, 1.165) is 0 Å². The van der Waals surface area contributed by atoms with Gasteiger partial charge in [0, 0.05) is 0 Å². The zero-order valence-corrected chi connectivity index (χ0v) is 9.68. The van der Waals surface area contributed by atoms with Crippen LogP contribution in [0.15, 0.2) is 30.3 Å². The number of nitrogens with zero attached hydrogens (tertiary/aromatic N) is 1. The summed E-state index contributed by atoms with van der Waals surface area (Å²) in [5, 5.41) is 8.88. The second kappa shape index (κ2) is 5.44. The molecule has 0 bridgehead atoms. The van der Waals surface area contributed by atoms with Gasteiger partial charge in [-0.15, -0.1) is 0 Å². The highest BCUT2D eigenvalue weighted by Gasteiger charge is 2.28. The molecule has 0 amide bonds. The van der Waals surface area contributed by atoms with E-state index in [1.807, 2.05) is 6.07 Å². The third kappa shape index (κ3) is 3.93. The molecule has 1 aromatic carbocycles. The highest BCUT2D eigenvalue weighted by molar-refractivity contribution is 7.46. The van der Waals surface area contributed by atoms with Crippen LogP contribution < -0.4 is 0 Å². The molecule has 0 aliphatic rings. The van der Waals surface area contributed by atoms with Gasteiger partial charge in [-0.25, -0.2) is 4.57 Å². The first-order chi connectivity index (χ1) is 7.44. The lowest BCUT2D eigenvalue weighted by Crippen LogP contribution is -2.14. The fourth-order valence-electron chi connectivity index (χ4n) is 1.14. The zero-order chi connectivity index (χ0) is 12.2. The minimum absolute atomic E-state index is 0.540. The predicted octanol–water partition coefficient (Wildman–Crippen LogP) is 1.97. The molecule has 5 nitrogen and oxygen atoms in total. The molecule has 16 heavy (non-hydrogen) atoms. The average Bonchev–Trinajstić information content (AvgIpc) is 2.17. The molecule has 0 heterocycles. The smallest absolute Gasteiger partial charge is 0.303 e. The summed E-state index contributed by atoms with van der Waals surface area (Å²) in [5.41, 5.74) is -0.855. The molecule has 86 valence electrons. The summed E-state index contributed by atoms with van der Waals surface area (Å²) in [4.78, 5) is 17.1. The average molecular weight is 262 g/mol. The molecule has 0 saturated heterocycles. The van der Waals surface area contributed by atoms with E-state index in [4.69, 9.17) is 26.6 Å². The number of halogens is 1. The van der Waals surface area contributed by atoms with E-state index < -0.39 is 19.3 Å². The number of phosphoric acid groups is 1. The number of rotatable bonds is 4. The minimum atomic E-state index is -4.69. The number of hydrogen-bond acceptors (Lipinski definition) is 3. The summed E-state index contributed by atoms with van der Waals surface area (Å²) >= 11 is 5.63. The zero-order valence-electron chi connectivity index (χ0n) is 8.02. The van der Waals surface area contributed by atoms with Crippen molar-refractivity contribution < 1.29 is 18.9 Å². The first-order valence-electron chi connectivity index (χ1n) is 4.26. The number of benzene rings is 1. The van der Waals surface area contributed by atoms with Crippen LogP contribution in [0.5, 0.6) is 0 Å². The molecule has 7 heteroatoms. The van der Waals surface area contributed by atoms with Gasteiger partial charge in [0.2, 0.25) is 0 Å². The first kappa shape index (κ1) is 13.2. The minimum Gasteiger partial charge on any atom is -0.303 e. The maximum atomic E-state index is 10.6. The first-order valence-corrected chi connectivity index (χ1v) is 6.23. The Morgan fingerprint density at radius 2 is 1.94 bits per heavy atom. The van der Waals surface area contributed by atoms with Gasteiger partial charge in [-0.2, -0.15) is 5.26 Å². The van der Waals surface area contributed by atoms with Gasteiger partial charge in [0.25, 0.3) is 0 Å². The Labute approximate surface area is 97.5 Å². The predicted molar refractivity (Wildman–Crippen MR) is 57.6 cm³/mol. The second-order valence-corrected chi connectivity index (χ2v) is 4.59. The molecule has 0 radical (unpaired) electrons. The van der Waals surface area contributed by atoms with E-state index in [2.05, 4.69) is 4.52 Å². The fourth-order valence-corrected chi connectivity index (χ4v) is 2.03. The van der Waals surface area contributed by atoms with E-state index in [9.17, 15) is 4.57 Å². The quantitative estimate of drug-likeness (QED) is 0.639. The molecule has 1 rings (SSSR count). The maximum Gasteiger partial charge on any atom is 0.471 e. The monoisotopic (exact) mass is 261 g/mol. The number of alkyl halides is 1. The standard InChI is InChI=1S/C9H9ClNO4P/c10-9(15-16(12,13)14)8(6-11)7-4-2-1-3-5-7/h1-5,8-9H,(H2,12,13,14). The Morgan fingerprint density at radius 1 is 1.38 bits per heavy atom. The summed E-state index contributed by atoms with van der Waals surface area (Å²) in [6, 6.07) is 10.2. The van der Waals surface area contributed by atoms with Gasteiger partial charge in [-0.05, 0) is 5.56 Å². The van der Waals surface area contributed by atoms with Gasteiger partial charge in [-0.3, -0.25) is 4.52 Å². The van der Waals surface area contributed by atoms with Crippen molar-refractivity contribution in [3.8, 4) is 6.07 Å². The number of nitriles is 1. The Bertz CT molecular complexity index is 427. The molecule has 2 unspecified atom stereocenters. The molecule has 0 aliphatic heterocycles. The molecule has 0 aliphatic carbocycles. The van der Waals surface area contributed by atoms with Crippen molar-refractivity contribution in [2.75, 3.05) is 0 Å². The summed E-state index contributed by atoms with van der Waals surface area (Å²) in [6.45, 7) is 0. The molecular formula is C9H9ClNO4P. The van der Waals surface area contributed by atoms with Crippen LogP contribution in [0.2, 0.25) is 0 Å². The molecule has 0 saturated carbocycles. The summed E-state index contributed by atoms with van der Waals surface area (Å²) in [5.74, 6) is -0.935. The summed E-state index contributed by atoms with van der Waals surface area (Å²) in [7, 11) is -4.69. The van der Waals surface area contributed by atoms with E-state index in [-0.39, 0.29) is 0 Å². The number of phosphoric ester groups is 1. The molecule has 1 aromatic rings. The normalized spacial score (nSPS) is 15.1. The van der Waals surface area contributed by atoms with Crippen LogP contribution in [0.3, 0.4) is 0 Å².